The van der Waals surface area contributed by atoms with Gasteiger partial charge in [0.05, 0.1) is 17.9 Å². The standard InChI is InChI=1S/C38H41N9/c1-27-24-46(22-19-39-27)36-15-14-31-26-47(32-7-3-2-4-8-32)35(23-34(31)41-36)29-12-10-28(11-13-29)25-45-20-16-30(17-21-45)37-42-38(44-43-37)33-9-5-6-18-40-33/h2-15,18,23,27,30,39H,16-17,19-22,24-26H2,1H3,(H,42,43,44)/t27-/m1/s1. The smallest absolute Gasteiger partial charge is 0.199 e. The lowest BCUT2D eigenvalue weighted by atomic mass is 9.95. The lowest BCUT2D eigenvalue weighted by molar-refractivity contribution is 0.202. The van der Waals surface area contributed by atoms with Crippen molar-refractivity contribution in [1.82, 2.24) is 35.4 Å². The van der Waals surface area contributed by atoms with Crippen LogP contribution in [0.15, 0.2) is 91.1 Å². The van der Waals surface area contributed by atoms with E-state index in [0.29, 0.717) is 17.8 Å². The molecule has 0 amide bonds. The van der Waals surface area contributed by atoms with Crippen LogP contribution in [0, 0.1) is 0 Å². The third-order valence-electron chi connectivity index (χ3n) is 9.68. The van der Waals surface area contributed by atoms with Crippen LogP contribution in [-0.2, 0) is 13.1 Å². The normalized spacial score (nSPS) is 19.0. The molecule has 9 heteroatoms. The van der Waals surface area contributed by atoms with Crippen LogP contribution in [0.2, 0.25) is 0 Å². The van der Waals surface area contributed by atoms with Gasteiger partial charge in [0.2, 0.25) is 0 Å². The summed E-state index contributed by atoms with van der Waals surface area (Å²) in [5.74, 6) is 3.12. The molecule has 0 spiro atoms. The van der Waals surface area contributed by atoms with Gasteiger partial charge in [-0.05, 0) is 86.0 Å². The molecule has 0 radical (unpaired) electrons. The van der Waals surface area contributed by atoms with Crippen molar-refractivity contribution in [3.8, 4) is 11.5 Å². The highest BCUT2D eigenvalue weighted by molar-refractivity contribution is 5.92. The predicted octanol–water partition coefficient (Wildman–Crippen LogP) is 5.96. The number of aromatic nitrogens is 5. The van der Waals surface area contributed by atoms with Crippen molar-refractivity contribution in [1.29, 1.82) is 0 Å². The maximum atomic E-state index is 5.19. The van der Waals surface area contributed by atoms with E-state index in [2.05, 4.69) is 115 Å². The van der Waals surface area contributed by atoms with Gasteiger partial charge in [-0.15, -0.1) is 0 Å². The molecule has 0 saturated carbocycles. The molecule has 9 nitrogen and oxygen atoms in total. The Morgan fingerprint density at radius 1 is 0.851 bits per heavy atom. The van der Waals surface area contributed by atoms with E-state index in [0.717, 1.165) is 81.7 Å². The number of likely N-dealkylation sites (tertiary alicyclic amines) is 1. The molecule has 3 aliphatic rings. The molecule has 8 rings (SSSR count). The predicted molar refractivity (Wildman–Crippen MR) is 188 cm³/mol. The van der Waals surface area contributed by atoms with Gasteiger partial charge in [-0.3, -0.25) is 15.0 Å². The molecular formula is C38H41N9. The van der Waals surface area contributed by atoms with Crippen molar-refractivity contribution in [3.05, 3.63) is 119 Å². The number of hydrogen-bond donors (Lipinski definition) is 2. The minimum atomic E-state index is 0.396. The Labute approximate surface area is 276 Å². The van der Waals surface area contributed by atoms with Crippen LogP contribution in [0.3, 0.4) is 0 Å². The Kier molecular flexibility index (Phi) is 8.23. The maximum Gasteiger partial charge on any atom is 0.199 e. The van der Waals surface area contributed by atoms with Gasteiger partial charge in [-0.25, -0.2) is 9.97 Å². The molecule has 0 bridgehead atoms. The highest BCUT2D eigenvalue weighted by atomic mass is 15.2. The fourth-order valence-corrected chi connectivity index (χ4v) is 7.08. The quantitative estimate of drug-likeness (QED) is 0.230. The van der Waals surface area contributed by atoms with Crippen LogP contribution in [0.1, 0.15) is 53.9 Å². The Balaban J connectivity index is 0.970. The molecule has 0 unspecified atom stereocenters. The summed E-state index contributed by atoms with van der Waals surface area (Å²) in [7, 11) is 0. The van der Waals surface area contributed by atoms with Crippen LogP contribution >= 0.6 is 0 Å². The molecule has 0 aliphatic carbocycles. The van der Waals surface area contributed by atoms with E-state index >= 15 is 0 Å². The van der Waals surface area contributed by atoms with Crippen LogP contribution in [0.25, 0.3) is 23.3 Å². The van der Waals surface area contributed by atoms with Crippen molar-refractivity contribution in [3.63, 3.8) is 0 Å². The van der Waals surface area contributed by atoms with Crippen LogP contribution < -0.4 is 15.1 Å². The molecule has 2 fully saturated rings. The zero-order valence-corrected chi connectivity index (χ0v) is 26.9. The van der Waals surface area contributed by atoms with Gasteiger partial charge in [0.1, 0.15) is 17.3 Å². The Hall–Kier alpha value is -4.86. The molecule has 2 saturated heterocycles. The third-order valence-corrected chi connectivity index (χ3v) is 9.68. The number of anilines is 2. The van der Waals surface area contributed by atoms with E-state index in [4.69, 9.17) is 9.97 Å². The fourth-order valence-electron chi connectivity index (χ4n) is 7.08. The lowest BCUT2D eigenvalue weighted by Crippen LogP contribution is -2.49. The zero-order valence-electron chi connectivity index (χ0n) is 26.9. The van der Waals surface area contributed by atoms with Crippen molar-refractivity contribution in [2.45, 2.75) is 44.8 Å². The second-order valence-corrected chi connectivity index (χ2v) is 13.0. The van der Waals surface area contributed by atoms with Crippen molar-refractivity contribution in [2.75, 3.05) is 42.5 Å². The number of aromatic amines is 1. The van der Waals surface area contributed by atoms with E-state index in [1.165, 1.54) is 28.1 Å². The first-order chi connectivity index (χ1) is 23.2. The number of pyridine rings is 2. The number of hydrogen-bond acceptors (Lipinski definition) is 8. The van der Waals surface area contributed by atoms with E-state index in [1.807, 2.05) is 18.2 Å². The molecular weight excluding hydrogens is 582 g/mol. The first-order valence-electron chi connectivity index (χ1n) is 16.8. The van der Waals surface area contributed by atoms with Crippen LogP contribution in [0.4, 0.5) is 11.5 Å². The number of benzene rings is 2. The van der Waals surface area contributed by atoms with Gasteiger partial charge in [0, 0.05) is 50.0 Å². The summed E-state index contributed by atoms with van der Waals surface area (Å²) in [4.78, 5) is 21.7. The number of nitrogens with one attached hydrogen (secondary N) is 2. The summed E-state index contributed by atoms with van der Waals surface area (Å²) >= 11 is 0. The maximum absolute atomic E-state index is 5.19. The largest absolute Gasteiger partial charge is 0.354 e. The first-order valence-corrected chi connectivity index (χ1v) is 16.8. The van der Waals surface area contributed by atoms with Gasteiger partial charge in [-0.1, -0.05) is 54.6 Å². The monoisotopic (exact) mass is 623 g/mol. The van der Waals surface area contributed by atoms with E-state index in [9.17, 15) is 0 Å². The molecule has 6 heterocycles. The highest BCUT2D eigenvalue weighted by Gasteiger charge is 2.26. The number of fused-ring (bicyclic) bond motifs is 1. The second-order valence-electron chi connectivity index (χ2n) is 13.0. The molecule has 3 aromatic heterocycles. The fraction of sp³-hybridized carbons (Fsp3) is 0.316. The number of nitrogens with zero attached hydrogens (tertiary/aromatic N) is 7. The minimum absolute atomic E-state index is 0.396. The van der Waals surface area contributed by atoms with Gasteiger partial charge >= 0.3 is 0 Å². The highest BCUT2D eigenvalue weighted by Crippen LogP contribution is 2.36. The van der Waals surface area contributed by atoms with E-state index < -0.39 is 0 Å². The van der Waals surface area contributed by atoms with Crippen molar-refractivity contribution >= 4 is 23.3 Å². The molecule has 1 atom stereocenters. The lowest BCUT2D eigenvalue weighted by Gasteiger charge is -2.35. The average molecular weight is 624 g/mol. The topological polar surface area (TPSA) is 89.1 Å². The Bertz CT molecular complexity index is 1830. The molecule has 47 heavy (non-hydrogen) atoms. The van der Waals surface area contributed by atoms with E-state index in [-0.39, 0.29) is 0 Å². The molecule has 238 valence electrons. The van der Waals surface area contributed by atoms with Gasteiger partial charge < -0.3 is 15.1 Å². The number of piperidine rings is 1. The minimum Gasteiger partial charge on any atom is -0.354 e. The van der Waals surface area contributed by atoms with Crippen LogP contribution in [0.5, 0.6) is 0 Å². The number of H-pyrrole nitrogens is 1. The van der Waals surface area contributed by atoms with E-state index in [1.54, 1.807) is 6.20 Å². The molecule has 2 N–H and O–H groups in total. The average Bonchev–Trinajstić information content (AvgIpc) is 3.63. The first kappa shape index (κ1) is 29.5. The summed E-state index contributed by atoms with van der Waals surface area (Å²) in [6.45, 7) is 9.00. The summed E-state index contributed by atoms with van der Waals surface area (Å²) in [5.41, 5.74) is 8.05. The Morgan fingerprint density at radius 3 is 2.47 bits per heavy atom. The van der Waals surface area contributed by atoms with Crippen molar-refractivity contribution < 1.29 is 0 Å². The third kappa shape index (κ3) is 6.41. The van der Waals surface area contributed by atoms with Gasteiger partial charge in [-0.2, -0.15) is 5.10 Å². The molecule has 3 aliphatic heterocycles. The summed E-state index contributed by atoms with van der Waals surface area (Å²) < 4.78 is 0. The van der Waals surface area contributed by atoms with Crippen LogP contribution in [-0.4, -0.2) is 68.8 Å². The molecule has 5 aromatic rings. The number of rotatable bonds is 7. The second kappa shape index (κ2) is 13.1. The summed E-state index contributed by atoms with van der Waals surface area (Å²) in [6.07, 6.45) is 6.19. The number of piperazine rings is 1. The van der Waals surface area contributed by atoms with Gasteiger partial charge in [0.15, 0.2) is 5.82 Å². The SMILES string of the molecule is C[C@@H]1CN(c2ccc3c(n2)C=C(c2ccc(CN4CCC(c5nc(-c6ccccn6)n[nH]5)CC4)cc2)N(c2ccccc2)C3)CCN1. The van der Waals surface area contributed by atoms with Crippen molar-refractivity contribution in [2.24, 2.45) is 0 Å². The number of para-hydroxylation sites is 1. The van der Waals surface area contributed by atoms with Gasteiger partial charge in [0.25, 0.3) is 0 Å². The summed E-state index contributed by atoms with van der Waals surface area (Å²) in [5, 5.41) is 11.2. The molecule has 2 aromatic carbocycles. The summed E-state index contributed by atoms with van der Waals surface area (Å²) in [6, 6.07) is 30.6. The Morgan fingerprint density at radius 2 is 1.68 bits per heavy atom. The zero-order chi connectivity index (χ0) is 31.6.